The Hall–Kier alpha value is -1.75. The number of piperidine rings is 1. The highest BCUT2D eigenvalue weighted by Crippen LogP contribution is 2.49. The van der Waals surface area contributed by atoms with Crippen LogP contribution in [0.5, 0.6) is 5.75 Å². The van der Waals surface area contributed by atoms with E-state index in [9.17, 15) is 4.79 Å². The van der Waals surface area contributed by atoms with Crippen molar-refractivity contribution in [3.05, 3.63) is 29.8 Å². The Morgan fingerprint density at radius 3 is 2.83 bits per heavy atom. The Kier molecular flexibility index (Phi) is 2.63. The third-order valence-corrected chi connectivity index (χ3v) is 3.68. The zero-order valence-corrected chi connectivity index (χ0v) is 10.0. The molecule has 1 saturated heterocycles. The van der Waals surface area contributed by atoms with E-state index in [-0.39, 0.29) is 0 Å². The number of nitrogens with one attached hydrogen (secondary N) is 1. The Bertz CT molecular complexity index is 469. The average molecular weight is 248 g/mol. The number of carbonyl (C=O) groups is 1. The Morgan fingerprint density at radius 2 is 2.11 bits per heavy atom. The molecule has 18 heavy (non-hydrogen) atoms. The predicted octanol–water partition coefficient (Wildman–Crippen LogP) is 1.34. The van der Waals surface area contributed by atoms with Crippen LogP contribution in [0.4, 0.5) is 4.79 Å². The van der Waals surface area contributed by atoms with Gasteiger partial charge in [-0.05, 0) is 19.2 Å². The van der Waals surface area contributed by atoms with Crippen molar-refractivity contribution >= 4 is 6.09 Å². The van der Waals surface area contributed by atoms with E-state index in [4.69, 9.17) is 15.2 Å². The minimum absolute atomic E-state index is 0.395. The van der Waals surface area contributed by atoms with Gasteiger partial charge in [-0.2, -0.15) is 0 Å². The molecule has 1 amide bonds. The lowest BCUT2D eigenvalue weighted by Crippen LogP contribution is -2.49. The SMILES string of the molecule is NC(=O)O[C@@H]1c2ccccc2OC12CCNCC2. The maximum Gasteiger partial charge on any atom is 0.405 e. The number of benzene rings is 1. The number of para-hydroxylation sites is 1. The minimum Gasteiger partial charge on any atom is -0.482 e. The van der Waals surface area contributed by atoms with Gasteiger partial charge < -0.3 is 20.5 Å². The van der Waals surface area contributed by atoms with E-state index in [1.165, 1.54) is 0 Å². The molecule has 1 atom stereocenters. The zero-order valence-electron chi connectivity index (χ0n) is 10.0. The fourth-order valence-corrected chi connectivity index (χ4v) is 2.85. The number of primary amides is 1. The molecule has 1 aromatic carbocycles. The third kappa shape index (κ3) is 1.71. The van der Waals surface area contributed by atoms with Crippen LogP contribution in [0.1, 0.15) is 24.5 Å². The summed E-state index contributed by atoms with van der Waals surface area (Å²) < 4.78 is 11.4. The summed E-state index contributed by atoms with van der Waals surface area (Å²) in [5.74, 6) is 0.797. The van der Waals surface area contributed by atoms with Gasteiger partial charge in [-0.1, -0.05) is 18.2 Å². The van der Waals surface area contributed by atoms with Crippen LogP contribution in [0.25, 0.3) is 0 Å². The lowest BCUT2D eigenvalue weighted by atomic mass is 9.85. The van der Waals surface area contributed by atoms with Crippen LogP contribution in [0.15, 0.2) is 24.3 Å². The fraction of sp³-hybridized carbons (Fsp3) is 0.462. The van der Waals surface area contributed by atoms with Gasteiger partial charge in [-0.25, -0.2) is 4.79 Å². The van der Waals surface area contributed by atoms with Gasteiger partial charge in [0.1, 0.15) is 5.75 Å². The standard InChI is InChI=1S/C13H16N2O3/c14-12(16)17-11-9-3-1-2-4-10(9)18-13(11)5-7-15-8-6-13/h1-4,11,15H,5-8H2,(H2,14,16)/t11-/m1/s1. The zero-order chi connectivity index (χ0) is 12.6. The highest BCUT2D eigenvalue weighted by molar-refractivity contribution is 5.65. The second-order valence-corrected chi connectivity index (χ2v) is 4.77. The number of ether oxygens (including phenoxy) is 2. The first-order valence-corrected chi connectivity index (χ1v) is 6.16. The molecule has 96 valence electrons. The number of fused-ring (bicyclic) bond motifs is 1. The van der Waals surface area contributed by atoms with E-state index < -0.39 is 17.8 Å². The summed E-state index contributed by atoms with van der Waals surface area (Å²) in [6.45, 7) is 1.71. The topological polar surface area (TPSA) is 73.6 Å². The van der Waals surface area contributed by atoms with Crippen LogP contribution in [0.3, 0.4) is 0 Å². The van der Waals surface area contributed by atoms with Crippen molar-refractivity contribution in [1.82, 2.24) is 5.32 Å². The minimum atomic E-state index is -0.752. The number of hydrogen-bond acceptors (Lipinski definition) is 4. The molecule has 2 heterocycles. The van der Waals surface area contributed by atoms with Gasteiger partial charge in [0.25, 0.3) is 0 Å². The quantitative estimate of drug-likeness (QED) is 0.786. The van der Waals surface area contributed by atoms with E-state index in [2.05, 4.69) is 5.32 Å². The molecule has 1 spiro atoms. The molecule has 1 aromatic rings. The van der Waals surface area contributed by atoms with Gasteiger partial charge in [0, 0.05) is 18.4 Å². The summed E-state index contributed by atoms with van der Waals surface area (Å²) in [6.07, 6.45) is 0.464. The molecule has 0 aliphatic carbocycles. The molecule has 0 unspecified atom stereocenters. The van der Waals surface area contributed by atoms with Crippen LogP contribution in [0.2, 0.25) is 0 Å². The number of hydrogen-bond donors (Lipinski definition) is 2. The molecule has 0 radical (unpaired) electrons. The Labute approximate surface area is 105 Å². The first kappa shape index (κ1) is 11.3. The van der Waals surface area contributed by atoms with Gasteiger partial charge in [0.2, 0.25) is 0 Å². The van der Waals surface area contributed by atoms with Crippen LogP contribution in [0, 0.1) is 0 Å². The summed E-state index contributed by atoms with van der Waals surface area (Å²) in [4.78, 5) is 11.1. The van der Waals surface area contributed by atoms with Crippen molar-refractivity contribution in [2.24, 2.45) is 5.73 Å². The van der Waals surface area contributed by atoms with E-state index in [0.717, 1.165) is 37.2 Å². The molecule has 3 N–H and O–H groups in total. The molecule has 1 fully saturated rings. The lowest BCUT2D eigenvalue weighted by molar-refractivity contribution is -0.0533. The van der Waals surface area contributed by atoms with Gasteiger partial charge in [0.05, 0.1) is 0 Å². The Balaban J connectivity index is 1.98. The molecule has 2 aliphatic heterocycles. The van der Waals surface area contributed by atoms with Crippen molar-refractivity contribution in [2.75, 3.05) is 13.1 Å². The highest BCUT2D eigenvalue weighted by atomic mass is 16.6. The van der Waals surface area contributed by atoms with E-state index in [1.54, 1.807) is 0 Å². The van der Waals surface area contributed by atoms with Gasteiger partial charge in [0.15, 0.2) is 11.7 Å². The van der Waals surface area contributed by atoms with Crippen LogP contribution >= 0.6 is 0 Å². The molecule has 0 aromatic heterocycles. The van der Waals surface area contributed by atoms with Crippen LogP contribution < -0.4 is 15.8 Å². The fourth-order valence-electron chi connectivity index (χ4n) is 2.85. The van der Waals surface area contributed by atoms with Crippen LogP contribution in [-0.2, 0) is 4.74 Å². The molecule has 0 saturated carbocycles. The second kappa shape index (κ2) is 4.17. The average Bonchev–Trinajstić information content (AvgIpc) is 2.64. The molecular weight excluding hydrogens is 232 g/mol. The summed E-state index contributed by atoms with van der Waals surface area (Å²) in [7, 11) is 0. The number of carbonyl (C=O) groups excluding carboxylic acids is 1. The van der Waals surface area contributed by atoms with E-state index in [0.29, 0.717) is 0 Å². The molecule has 5 heteroatoms. The van der Waals surface area contributed by atoms with Crippen molar-refractivity contribution in [1.29, 1.82) is 0 Å². The number of nitrogens with two attached hydrogens (primary N) is 1. The van der Waals surface area contributed by atoms with E-state index >= 15 is 0 Å². The van der Waals surface area contributed by atoms with Gasteiger partial charge in [-0.3, -0.25) is 0 Å². The molecule has 2 aliphatic rings. The third-order valence-electron chi connectivity index (χ3n) is 3.68. The Morgan fingerprint density at radius 1 is 1.39 bits per heavy atom. The van der Waals surface area contributed by atoms with Crippen LogP contribution in [-0.4, -0.2) is 24.8 Å². The predicted molar refractivity (Wildman–Crippen MR) is 65.3 cm³/mol. The number of amides is 1. The van der Waals surface area contributed by atoms with Crippen molar-refractivity contribution in [3.63, 3.8) is 0 Å². The smallest absolute Gasteiger partial charge is 0.405 e. The first-order chi connectivity index (χ1) is 8.71. The largest absolute Gasteiger partial charge is 0.482 e. The summed E-state index contributed by atoms with van der Waals surface area (Å²) >= 11 is 0. The summed E-state index contributed by atoms with van der Waals surface area (Å²) in [5.41, 5.74) is 5.65. The van der Waals surface area contributed by atoms with Crippen molar-refractivity contribution < 1.29 is 14.3 Å². The highest BCUT2D eigenvalue weighted by Gasteiger charge is 2.51. The van der Waals surface area contributed by atoms with Gasteiger partial charge in [-0.15, -0.1) is 0 Å². The van der Waals surface area contributed by atoms with E-state index in [1.807, 2.05) is 24.3 Å². The summed E-state index contributed by atoms with van der Waals surface area (Å²) in [5, 5.41) is 3.28. The van der Waals surface area contributed by atoms with Crippen molar-refractivity contribution in [3.8, 4) is 5.75 Å². The van der Waals surface area contributed by atoms with Gasteiger partial charge >= 0.3 is 6.09 Å². The first-order valence-electron chi connectivity index (χ1n) is 6.16. The number of rotatable bonds is 1. The van der Waals surface area contributed by atoms with Crippen molar-refractivity contribution in [2.45, 2.75) is 24.5 Å². The lowest BCUT2D eigenvalue weighted by Gasteiger charge is -2.37. The monoisotopic (exact) mass is 248 g/mol. The maximum absolute atomic E-state index is 11.1. The molecule has 3 rings (SSSR count). The summed E-state index contributed by atoms with van der Waals surface area (Å²) in [6, 6.07) is 7.67. The molecular formula is C13H16N2O3. The molecule has 5 nitrogen and oxygen atoms in total. The normalized spacial score (nSPS) is 24.3. The molecule has 0 bridgehead atoms. The maximum atomic E-state index is 11.1. The second-order valence-electron chi connectivity index (χ2n) is 4.77.